The average molecular weight is 355 g/mol. The van der Waals surface area contributed by atoms with Crippen molar-refractivity contribution < 1.29 is 4.79 Å². The summed E-state index contributed by atoms with van der Waals surface area (Å²) in [5, 5.41) is 0.887. The van der Waals surface area contributed by atoms with Gasteiger partial charge < -0.3 is 4.90 Å². The van der Waals surface area contributed by atoms with Crippen LogP contribution >= 0.6 is 11.8 Å². The Morgan fingerprint density at radius 3 is 2.72 bits per heavy atom. The van der Waals surface area contributed by atoms with Crippen molar-refractivity contribution in [3.8, 4) is 0 Å². The molecule has 0 radical (unpaired) electrons. The summed E-state index contributed by atoms with van der Waals surface area (Å²) >= 11 is 1.48. The fraction of sp³-hybridized carbons (Fsp3) is 0.235. The molecule has 128 valence electrons. The molecule has 0 saturated carbocycles. The third-order valence-electron chi connectivity index (χ3n) is 3.65. The van der Waals surface area contributed by atoms with E-state index in [-0.39, 0.29) is 18.0 Å². The third kappa shape index (κ3) is 3.69. The van der Waals surface area contributed by atoms with Crippen molar-refractivity contribution in [1.82, 2.24) is 19.5 Å². The number of carbonyl (C=O) groups excluding carboxylic acids is 1. The van der Waals surface area contributed by atoms with Crippen molar-refractivity contribution in [1.29, 1.82) is 0 Å². The van der Waals surface area contributed by atoms with Crippen molar-refractivity contribution in [3.63, 3.8) is 0 Å². The molecule has 0 spiro atoms. The van der Waals surface area contributed by atoms with E-state index in [4.69, 9.17) is 0 Å². The van der Waals surface area contributed by atoms with Gasteiger partial charge in [-0.1, -0.05) is 36.9 Å². The summed E-state index contributed by atoms with van der Waals surface area (Å²) in [7, 11) is 1.68. The van der Waals surface area contributed by atoms with Crippen LogP contribution in [-0.4, -0.2) is 38.2 Å². The second-order valence-electron chi connectivity index (χ2n) is 5.29. The fourth-order valence-corrected chi connectivity index (χ4v) is 2.83. The van der Waals surface area contributed by atoms with E-state index in [2.05, 4.69) is 15.0 Å². The molecule has 0 saturated heterocycles. The van der Waals surface area contributed by atoms with Crippen molar-refractivity contribution in [2.24, 2.45) is 0 Å². The van der Waals surface area contributed by atoms with E-state index in [1.54, 1.807) is 7.05 Å². The number of benzene rings is 1. The van der Waals surface area contributed by atoms with Gasteiger partial charge in [-0.3, -0.25) is 14.2 Å². The Morgan fingerprint density at radius 2 is 2.00 bits per heavy atom. The van der Waals surface area contributed by atoms with Crippen LogP contribution in [0.25, 0.3) is 11.0 Å². The predicted molar refractivity (Wildman–Crippen MR) is 97.8 cm³/mol. The zero-order valence-electron chi connectivity index (χ0n) is 13.9. The van der Waals surface area contributed by atoms with Crippen LogP contribution in [0.2, 0.25) is 0 Å². The number of likely N-dealkylation sites (N-methyl/N-ethyl adjacent to an activating group) is 1. The van der Waals surface area contributed by atoms with Crippen LogP contribution in [0, 0.1) is 0 Å². The summed E-state index contributed by atoms with van der Waals surface area (Å²) in [6, 6.07) is 9.25. The van der Waals surface area contributed by atoms with Crippen LogP contribution < -0.4 is 10.5 Å². The van der Waals surface area contributed by atoms with Crippen LogP contribution in [0.3, 0.4) is 0 Å². The first-order chi connectivity index (χ1) is 12.1. The second-order valence-corrected chi connectivity index (χ2v) is 6.52. The van der Waals surface area contributed by atoms with Crippen molar-refractivity contribution in [3.05, 3.63) is 53.2 Å². The number of rotatable bonds is 5. The lowest BCUT2D eigenvalue weighted by atomic mass is 10.3. The molecule has 1 aromatic carbocycles. The van der Waals surface area contributed by atoms with E-state index in [0.29, 0.717) is 16.2 Å². The van der Waals surface area contributed by atoms with Gasteiger partial charge in [0.1, 0.15) is 18.3 Å². The number of anilines is 1. The van der Waals surface area contributed by atoms with E-state index in [9.17, 15) is 9.59 Å². The molecular formula is C17H17N5O2S. The summed E-state index contributed by atoms with van der Waals surface area (Å²) < 4.78 is 1.28. The Hall–Kier alpha value is -2.74. The highest BCUT2D eigenvalue weighted by Gasteiger charge is 2.14. The van der Waals surface area contributed by atoms with Gasteiger partial charge in [-0.2, -0.15) is 0 Å². The van der Waals surface area contributed by atoms with Gasteiger partial charge >= 0.3 is 0 Å². The highest BCUT2D eigenvalue weighted by atomic mass is 32.2. The Labute approximate surface area is 148 Å². The number of thioether (sulfide) groups is 1. The first-order valence-corrected chi connectivity index (χ1v) is 8.75. The number of hydrogen-bond donors (Lipinski definition) is 0. The molecule has 0 atom stereocenters. The first-order valence-electron chi connectivity index (χ1n) is 7.76. The topological polar surface area (TPSA) is 81.0 Å². The van der Waals surface area contributed by atoms with Crippen molar-refractivity contribution in [2.45, 2.75) is 18.6 Å². The van der Waals surface area contributed by atoms with Crippen LogP contribution in [0.15, 0.2) is 52.8 Å². The molecule has 25 heavy (non-hydrogen) atoms. The summed E-state index contributed by atoms with van der Waals surface area (Å²) in [5.74, 6) is 0.622. The molecule has 0 N–H and O–H groups in total. The molecule has 7 nitrogen and oxygen atoms in total. The zero-order valence-corrected chi connectivity index (χ0v) is 14.7. The lowest BCUT2D eigenvalue weighted by molar-refractivity contribution is -0.118. The monoisotopic (exact) mass is 355 g/mol. The summed E-state index contributed by atoms with van der Waals surface area (Å²) in [4.78, 5) is 39.1. The maximum Gasteiger partial charge on any atom is 0.264 e. The van der Waals surface area contributed by atoms with Gasteiger partial charge in [0, 0.05) is 18.9 Å². The molecule has 2 aromatic heterocycles. The largest absolute Gasteiger partial charge is 0.314 e. The predicted octanol–water partition coefficient (Wildman–Crippen LogP) is 1.96. The number of nitrogens with zero attached hydrogens (tertiary/aromatic N) is 5. The highest BCUT2D eigenvalue weighted by Crippen LogP contribution is 2.14. The molecule has 3 rings (SSSR count). The quantitative estimate of drug-likeness (QED) is 0.514. The standard InChI is InChI=1S/C17H17N5O2S/c1-3-25-17-18-9-13-15(20-17)19-11-22(16(13)24)10-14(23)21(2)12-7-5-4-6-8-12/h4-9,11H,3,10H2,1-2H3. The minimum Gasteiger partial charge on any atom is -0.314 e. The summed E-state index contributed by atoms with van der Waals surface area (Å²) in [5.41, 5.74) is 0.780. The van der Waals surface area contributed by atoms with Gasteiger partial charge in [-0.05, 0) is 17.9 Å². The molecule has 0 bridgehead atoms. The van der Waals surface area contributed by atoms with Crippen LogP contribution in [0.5, 0.6) is 0 Å². The van der Waals surface area contributed by atoms with Crippen LogP contribution in [-0.2, 0) is 11.3 Å². The second kappa shape index (κ2) is 7.43. The molecule has 1 amide bonds. The Bertz CT molecular complexity index is 958. The summed E-state index contributed by atoms with van der Waals surface area (Å²) in [6.07, 6.45) is 2.83. The first kappa shape index (κ1) is 17.1. The number of fused-ring (bicyclic) bond motifs is 1. The van der Waals surface area contributed by atoms with Gasteiger partial charge in [0.05, 0.1) is 0 Å². The Morgan fingerprint density at radius 1 is 1.24 bits per heavy atom. The molecule has 3 aromatic rings. The van der Waals surface area contributed by atoms with E-state index < -0.39 is 0 Å². The SMILES string of the molecule is CCSc1ncc2c(=O)n(CC(=O)N(C)c3ccccc3)cnc2n1. The number of hydrogen-bond acceptors (Lipinski definition) is 6. The number of aromatic nitrogens is 4. The molecule has 2 heterocycles. The fourth-order valence-electron chi connectivity index (χ4n) is 2.30. The maximum atomic E-state index is 12.6. The highest BCUT2D eigenvalue weighted by molar-refractivity contribution is 7.99. The number of para-hydroxylation sites is 1. The molecule has 0 aliphatic carbocycles. The minimum absolute atomic E-state index is 0.0986. The molecule has 0 fully saturated rings. The number of carbonyl (C=O) groups is 1. The van der Waals surface area contributed by atoms with E-state index in [0.717, 1.165) is 11.4 Å². The minimum atomic E-state index is -0.326. The Kier molecular flexibility index (Phi) is 5.08. The molecular weight excluding hydrogens is 338 g/mol. The summed E-state index contributed by atoms with van der Waals surface area (Å²) in [6.45, 7) is 1.90. The van der Waals surface area contributed by atoms with Gasteiger partial charge in [0.15, 0.2) is 10.8 Å². The van der Waals surface area contributed by atoms with Crippen LogP contribution in [0.1, 0.15) is 6.92 Å². The lowest BCUT2D eigenvalue weighted by Gasteiger charge is -2.17. The number of amides is 1. The molecule has 0 aliphatic heterocycles. The molecule has 8 heteroatoms. The normalized spacial score (nSPS) is 10.8. The molecule has 0 unspecified atom stereocenters. The smallest absolute Gasteiger partial charge is 0.264 e. The van der Waals surface area contributed by atoms with Gasteiger partial charge in [-0.25, -0.2) is 15.0 Å². The van der Waals surface area contributed by atoms with E-state index >= 15 is 0 Å². The van der Waals surface area contributed by atoms with Gasteiger partial charge in [0.25, 0.3) is 5.56 Å². The van der Waals surface area contributed by atoms with Gasteiger partial charge in [-0.15, -0.1) is 0 Å². The van der Waals surface area contributed by atoms with E-state index in [1.807, 2.05) is 37.3 Å². The van der Waals surface area contributed by atoms with Gasteiger partial charge in [0.2, 0.25) is 5.91 Å². The average Bonchev–Trinajstić information content (AvgIpc) is 2.64. The molecule has 0 aliphatic rings. The zero-order chi connectivity index (χ0) is 17.8. The van der Waals surface area contributed by atoms with E-state index in [1.165, 1.54) is 33.8 Å². The third-order valence-corrected chi connectivity index (χ3v) is 4.40. The maximum absolute atomic E-state index is 12.6. The lowest BCUT2D eigenvalue weighted by Crippen LogP contribution is -2.34. The van der Waals surface area contributed by atoms with Crippen molar-refractivity contribution >= 4 is 34.4 Å². The van der Waals surface area contributed by atoms with Crippen molar-refractivity contribution in [2.75, 3.05) is 17.7 Å². The Balaban J connectivity index is 1.86. The van der Waals surface area contributed by atoms with Crippen LogP contribution in [0.4, 0.5) is 5.69 Å².